The molecule has 0 radical (unpaired) electrons. The Kier molecular flexibility index (Phi) is 8.34. The van der Waals surface area contributed by atoms with Gasteiger partial charge in [0.25, 0.3) is 0 Å². The highest BCUT2D eigenvalue weighted by Crippen LogP contribution is 2.23. The lowest BCUT2D eigenvalue weighted by Crippen LogP contribution is -2.41. The molecule has 2 atom stereocenters. The van der Waals surface area contributed by atoms with E-state index in [1.54, 1.807) is 18.4 Å². The molecule has 120 valence electrons. The number of thiophene rings is 1. The van der Waals surface area contributed by atoms with E-state index in [1.165, 1.54) is 5.56 Å². The highest BCUT2D eigenvalue weighted by molar-refractivity contribution is 7.07. The summed E-state index contributed by atoms with van der Waals surface area (Å²) in [4.78, 5) is 6.91. The number of guanidine groups is 1. The van der Waals surface area contributed by atoms with Crippen molar-refractivity contribution in [3.8, 4) is 0 Å². The van der Waals surface area contributed by atoms with Crippen LogP contribution in [0.3, 0.4) is 0 Å². The van der Waals surface area contributed by atoms with E-state index in [-0.39, 0.29) is 12.1 Å². The zero-order valence-electron chi connectivity index (χ0n) is 13.5. The molecule has 0 saturated heterocycles. The topological polar surface area (TPSA) is 62.9 Å². The SMILES string of the molecule is CCN(CC)C(CN=C(N)NC(C)COC)c1ccsc1. The molecule has 0 saturated carbocycles. The van der Waals surface area contributed by atoms with Crippen molar-refractivity contribution in [2.45, 2.75) is 32.9 Å². The Balaban J connectivity index is 2.69. The second kappa shape index (κ2) is 9.76. The van der Waals surface area contributed by atoms with Crippen molar-refractivity contribution >= 4 is 17.3 Å². The molecule has 0 aliphatic heterocycles. The number of ether oxygens (including phenoxy) is 1. The molecule has 0 fully saturated rings. The minimum atomic E-state index is 0.159. The van der Waals surface area contributed by atoms with E-state index in [1.807, 2.05) is 6.92 Å². The third-order valence-corrected chi connectivity index (χ3v) is 4.13. The van der Waals surface area contributed by atoms with E-state index in [9.17, 15) is 0 Å². The first-order chi connectivity index (χ1) is 10.1. The van der Waals surface area contributed by atoms with Crippen molar-refractivity contribution in [1.82, 2.24) is 10.2 Å². The van der Waals surface area contributed by atoms with Gasteiger partial charge >= 0.3 is 0 Å². The van der Waals surface area contributed by atoms with Crippen LogP contribution in [0.2, 0.25) is 0 Å². The third-order valence-electron chi connectivity index (χ3n) is 3.43. The molecule has 0 aromatic carbocycles. The van der Waals surface area contributed by atoms with Crippen molar-refractivity contribution in [3.63, 3.8) is 0 Å². The van der Waals surface area contributed by atoms with Gasteiger partial charge in [-0.1, -0.05) is 13.8 Å². The van der Waals surface area contributed by atoms with E-state index < -0.39 is 0 Å². The fourth-order valence-electron chi connectivity index (χ4n) is 2.34. The molecule has 0 spiro atoms. The predicted molar refractivity (Wildman–Crippen MR) is 90.9 cm³/mol. The fraction of sp³-hybridized carbons (Fsp3) is 0.667. The van der Waals surface area contributed by atoms with Crippen LogP contribution in [-0.4, -0.2) is 50.3 Å². The number of hydrogen-bond donors (Lipinski definition) is 2. The van der Waals surface area contributed by atoms with Crippen LogP contribution in [0.5, 0.6) is 0 Å². The van der Waals surface area contributed by atoms with Gasteiger partial charge in [0, 0.05) is 13.2 Å². The van der Waals surface area contributed by atoms with Gasteiger partial charge in [0.05, 0.1) is 19.2 Å². The Labute approximate surface area is 132 Å². The molecule has 2 unspecified atom stereocenters. The summed E-state index contributed by atoms with van der Waals surface area (Å²) in [7, 11) is 1.68. The first-order valence-electron chi connectivity index (χ1n) is 7.43. The molecule has 1 rings (SSSR count). The number of nitrogens with two attached hydrogens (primary N) is 1. The van der Waals surface area contributed by atoms with Gasteiger partial charge < -0.3 is 15.8 Å². The van der Waals surface area contributed by atoms with Gasteiger partial charge in [0.1, 0.15) is 0 Å². The normalized spacial score (nSPS) is 15.2. The number of methoxy groups -OCH3 is 1. The minimum Gasteiger partial charge on any atom is -0.383 e. The van der Waals surface area contributed by atoms with Crippen molar-refractivity contribution in [3.05, 3.63) is 22.4 Å². The quantitative estimate of drug-likeness (QED) is 0.541. The second-order valence-electron chi connectivity index (χ2n) is 5.02. The fourth-order valence-corrected chi connectivity index (χ4v) is 3.04. The lowest BCUT2D eigenvalue weighted by Gasteiger charge is -2.28. The predicted octanol–water partition coefficient (Wildman–Crippen LogP) is 2.07. The van der Waals surface area contributed by atoms with Crippen molar-refractivity contribution < 1.29 is 4.74 Å². The van der Waals surface area contributed by atoms with Crippen LogP contribution in [-0.2, 0) is 4.74 Å². The van der Waals surface area contributed by atoms with Crippen LogP contribution in [0, 0.1) is 0 Å². The maximum atomic E-state index is 5.96. The van der Waals surface area contributed by atoms with Gasteiger partial charge in [-0.25, -0.2) is 0 Å². The Hall–Kier alpha value is -1.11. The lowest BCUT2D eigenvalue weighted by atomic mass is 10.1. The van der Waals surface area contributed by atoms with E-state index in [0.29, 0.717) is 19.1 Å². The Bertz CT molecular complexity index is 404. The largest absolute Gasteiger partial charge is 0.383 e. The second-order valence-corrected chi connectivity index (χ2v) is 5.80. The van der Waals surface area contributed by atoms with Gasteiger partial charge in [-0.05, 0) is 42.4 Å². The summed E-state index contributed by atoms with van der Waals surface area (Å²) in [6, 6.07) is 2.61. The van der Waals surface area contributed by atoms with E-state index >= 15 is 0 Å². The highest BCUT2D eigenvalue weighted by atomic mass is 32.1. The molecule has 0 amide bonds. The summed E-state index contributed by atoms with van der Waals surface area (Å²) in [6.45, 7) is 9.65. The minimum absolute atomic E-state index is 0.159. The Morgan fingerprint density at radius 2 is 2.19 bits per heavy atom. The number of nitrogens with one attached hydrogen (secondary N) is 1. The van der Waals surface area contributed by atoms with E-state index in [0.717, 1.165) is 13.1 Å². The molecule has 1 heterocycles. The maximum Gasteiger partial charge on any atom is 0.188 e. The van der Waals surface area contributed by atoms with E-state index in [4.69, 9.17) is 10.5 Å². The van der Waals surface area contributed by atoms with Crippen LogP contribution in [0.4, 0.5) is 0 Å². The zero-order valence-corrected chi connectivity index (χ0v) is 14.3. The van der Waals surface area contributed by atoms with Gasteiger partial charge in [0.2, 0.25) is 0 Å². The number of aliphatic imine (C=N–C) groups is 1. The molecular formula is C15H28N4OS. The van der Waals surface area contributed by atoms with Crippen molar-refractivity contribution in [2.24, 2.45) is 10.7 Å². The molecule has 0 aliphatic rings. The average Bonchev–Trinajstić information content (AvgIpc) is 2.97. The summed E-state index contributed by atoms with van der Waals surface area (Å²) in [5.41, 5.74) is 7.27. The smallest absolute Gasteiger partial charge is 0.188 e. The molecular weight excluding hydrogens is 284 g/mol. The molecule has 21 heavy (non-hydrogen) atoms. The van der Waals surface area contributed by atoms with Crippen molar-refractivity contribution in [1.29, 1.82) is 0 Å². The van der Waals surface area contributed by atoms with E-state index in [2.05, 4.69) is 45.9 Å². The Morgan fingerprint density at radius 1 is 1.48 bits per heavy atom. The summed E-state index contributed by atoms with van der Waals surface area (Å²) in [5.74, 6) is 0.479. The molecule has 6 heteroatoms. The van der Waals surface area contributed by atoms with Crippen LogP contribution in [0.1, 0.15) is 32.4 Å². The maximum absolute atomic E-state index is 5.96. The summed E-state index contributed by atoms with van der Waals surface area (Å²) >= 11 is 1.72. The zero-order chi connectivity index (χ0) is 15.7. The molecule has 1 aromatic rings. The lowest BCUT2D eigenvalue weighted by molar-refractivity contribution is 0.179. The summed E-state index contributed by atoms with van der Waals surface area (Å²) < 4.78 is 5.08. The highest BCUT2D eigenvalue weighted by Gasteiger charge is 2.18. The van der Waals surface area contributed by atoms with Crippen LogP contribution < -0.4 is 11.1 Å². The van der Waals surface area contributed by atoms with Gasteiger partial charge in [-0.15, -0.1) is 0 Å². The van der Waals surface area contributed by atoms with Gasteiger partial charge in [0.15, 0.2) is 5.96 Å². The number of nitrogens with zero attached hydrogens (tertiary/aromatic N) is 2. The van der Waals surface area contributed by atoms with Crippen LogP contribution in [0.25, 0.3) is 0 Å². The monoisotopic (exact) mass is 312 g/mol. The number of likely N-dealkylation sites (N-methyl/N-ethyl adjacent to an activating group) is 1. The molecule has 5 nitrogen and oxygen atoms in total. The summed E-state index contributed by atoms with van der Waals surface area (Å²) in [5, 5.41) is 7.44. The summed E-state index contributed by atoms with van der Waals surface area (Å²) in [6.07, 6.45) is 0. The molecule has 0 bridgehead atoms. The van der Waals surface area contributed by atoms with Crippen LogP contribution >= 0.6 is 11.3 Å². The molecule has 1 aromatic heterocycles. The van der Waals surface area contributed by atoms with Gasteiger partial charge in [-0.3, -0.25) is 9.89 Å². The van der Waals surface area contributed by atoms with Gasteiger partial charge in [-0.2, -0.15) is 11.3 Å². The standard InChI is InChI=1S/C15H28N4OS/c1-5-19(6-2)14(13-7-8-21-11-13)9-17-15(16)18-12(3)10-20-4/h7-8,11-12,14H,5-6,9-10H2,1-4H3,(H3,16,17,18). The Morgan fingerprint density at radius 3 is 2.71 bits per heavy atom. The first-order valence-corrected chi connectivity index (χ1v) is 8.38. The molecule has 3 N–H and O–H groups in total. The number of rotatable bonds is 9. The van der Waals surface area contributed by atoms with Crippen LogP contribution in [0.15, 0.2) is 21.8 Å². The number of hydrogen-bond acceptors (Lipinski definition) is 4. The molecule has 0 aliphatic carbocycles. The van der Waals surface area contributed by atoms with Crippen molar-refractivity contribution in [2.75, 3.05) is 33.4 Å². The average molecular weight is 312 g/mol. The first kappa shape index (κ1) is 17.9. The third kappa shape index (κ3) is 6.03.